The Morgan fingerprint density at radius 3 is 2.58 bits per heavy atom. The number of rotatable bonds is 6. The number of nitrogens with zero attached hydrogens (tertiary/aromatic N) is 2. The van der Waals surface area contributed by atoms with E-state index in [-0.39, 0.29) is 0 Å². The van der Waals surface area contributed by atoms with Gasteiger partial charge in [-0.15, -0.1) is 0 Å². The van der Waals surface area contributed by atoms with Crippen molar-refractivity contribution in [1.82, 2.24) is 20.4 Å². The predicted octanol–water partition coefficient (Wildman–Crippen LogP) is 2.77. The molecular formula is C13H23BrN4S. The van der Waals surface area contributed by atoms with Gasteiger partial charge >= 0.3 is 0 Å². The molecule has 4 nitrogen and oxygen atoms in total. The second kappa shape index (κ2) is 7.85. The molecule has 1 rings (SSSR count). The molecule has 0 aliphatic carbocycles. The van der Waals surface area contributed by atoms with Crippen LogP contribution in [0.5, 0.6) is 0 Å². The van der Waals surface area contributed by atoms with E-state index in [4.69, 9.17) is 12.2 Å². The summed E-state index contributed by atoms with van der Waals surface area (Å²) in [7, 11) is 0. The highest BCUT2D eigenvalue weighted by molar-refractivity contribution is 9.10. The molecule has 1 aromatic heterocycles. The summed E-state index contributed by atoms with van der Waals surface area (Å²) in [6.45, 7) is 11.1. The van der Waals surface area contributed by atoms with Crippen molar-refractivity contribution >= 4 is 33.3 Å². The van der Waals surface area contributed by atoms with E-state index in [1.807, 2.05) is 11.6 Å². The van der Waals surface area contributed by atoms with Crippen LogP contribution in [0.1, 0.15) is 31.7 Å². The molecule has 0 bridgehead atoms. The van der Waals surface area contributed by atoms with Crippen molar-refractivity contribution in [2.24, 2.45) is 5.92 Å². The predicted molar refractivity (Wildman–Crippen MR) is 87.5 cm³/mol. The quantitative estimate of drug-likeness (QED) is 0.613. The van der Waals surface area contributed by atoms with E-state index < -0.39 is 0 Å². The van der Waals surface area contributed by atoms with Crippen LogP contribution in [0.4, 0.5) is 0 Å². The van der Waals surface area contributed by atoms with Crippen LogP contribution in [0, 0.1) is 19.8 Å². The minimum atomic E-state index is 0.604. The number of hydrogen-bond acceptors (Lipinski definition) is 2. The smallest absolute Gasteiger partial charge is 0.166 e. The van der Waals surface area contributed by atoms with E-state index >= 15 is 0 Å². The molecule has 19 heavy (non-hydrogen) atoms. The van der Waals surface area contributed by atoms with Crippen LogP contribution in [0.15, 0.2) is 4.47 Å². The molecule has 0 saturated carbocycles. The molecule has 0 aromatic carbocycles. The topological polar surface area (TPSA) is 41.9 Å². The van der Waals surface area contributed by atoms with Gasteiger partial charge in [-0.3, -0.25) is 4.68 Å². The molecule has 2 N–H and O–H groups in total. The van der Waals surface area contributed by atoms with Crippen LogP contribution < -0.4 is 10.6 Å². The maximum atomic E-state index is 5.20. The molecule has 108 valence electrons. The summed E-state index contributed by atoms with van der Waals surface area (Å²) < 4.78 is 3.14. The van der Waals surface area contributed by atoms with E-state index in [0.29, 0.717) is 5.92 Å². The number of nitrogens with one attached hydrogen (secondary N) is 2. The highest BCUT2D eigenvalue weighted by Gasteiger charge is 2.07. The molecule has 0 fully saturated rings. The zero-order valence-electron chi connectivity index (χ0n) is 12.1. The van der Waals surface area contributed by atoms with E-state index in [1.54, 1.807) is 0 Å². The van der Waals surface area contributed by atoms with Gasteiger partial charge in [0, 0.05) is 25.3 Å². The van der Waals surface area contributed by atoms with Crippen molar-refractivity contribution in [3.8, 4) is 0 Å². The van der Waals surface area contributed by atoms with Crippen molar-refractivity contribution in [2.45, 2.75) is 40.7 Å². The second-order valence-corrected chi connectivity index (χ2v) is 6.29. The van der Waals surface area contributed by atoms with Crippen LogP contribution >= 0.6 is 28.1 Å². The van der Waals surface area contributed by atoms with E-state index in [1.165, 1.54) is 5.69 Å². The summed E-state index contributed by atoms with van der Waals surface area (Å²) in [6, 6.07) is 0. The van der Waals surface area contributed by atoms with Gasteiger partial charge in [-0.2, -0.15) is 5.10 Å². The first kappa shape index (κ1) is 16.4. The Morgan fingerprint density at radius 1 is 1.37 bits per heavy atom. The van der Waals surface area contributed by atoms with Crippen molar-refractivity contribution in [3.63, 3.8) is 0 Å². The largest absolute Gasteiger partial charge is 0.363 e. The molecule has 0 spiro atoms. The van der Waals surface area contributed by atoms with Crippen LogP contribution in [0.2, 0.25) is 0 Å². The lowest BCUT2D eigenvalue weighted by molar-refractivity contribution is 0.553. The van der Waals surface area contributed by atoms with Gasteiger partial charge in [0.2, 0.25) is 0 Å². The van der Waals surface area contributed by atoms with E-state index in [2.05, 4.69) is 52.4 Å². The van der Waals surface area contributed by atoms with Gasteiger partial charge in [-0.1, -0.05) is 13.8 Å². The monoisotopic (exact) mass is 346 g/mol. The molecule has 0 unspecified atom stereocenters. The molecule has 0 amide bonds. The summed E-state index contributed by atoms with van der Waals surface area (Å²) in [5.74, 6) is 0.604. The van der Waals surface area contributed by atoms with Gasteiger partial charge in [0.25, 0.3) is 0 Å². The number of halogens is 1. The third kappa shape index (κ3) is 5.48. The van der Waals surface area contributed by atoms with Crippen molar-refractivity contribution in [3.05, 3.63) is 15.9 Å². The zero-order valence-corrected chi connectivity index (χ0v) is 14.5. The summed E-state index contributed by atoms with van der Waals surface area (Å²) in [6.07, 6.45) is 0.998. The van der Waals surface area contributed by atoms with Gasteiger partial charge < -0.3 is 10.6 Å². The molecule has 0 aliphatic heterocycles. The Kier molecular flexibility index (Phi) is 6.79. The second-order valence-electron chi connectivity index (χ2n) is 5.09. The van der Waals surface area contributed by atoms with Gasteiger partial charge in [-0.25, -0.2) is 0 Å². The Bertz CT molecular complexity index is 429. The van der Waals surface area contributed by atoms with Gasteiger partial charge in [0.1, 0.15) is 0 Å². The Hall–Kier alpha value is -0.620. The van der Waals surface area contributed by atoms with Crippen molar-refractivity contribution < 1.29 is 0 Å². The molecule has 0 saturated heterocycles. The lowest BCUT2D eigenvalue weighted by Crippen LogP contribution is -2.37. The normalized spacial score (nSPS) is 10.8. The molecule has 0 aliphatic rings. The maximum absolute atomic E-state index is 5.20. The zero-order chi connectivity index (χ0) is 14.4. The Labute approximate surface area is 129 Å². The minimum Gasteiger partial charge on any atom is -0.363 e. The van der Waals surface area contributed by atoms with E-state index in [9.17, 15) is 0 Å². The lowest BCUT2D eigenvalue weighted by Gasteiger charge is -2.12. The van der Waals surface area contributed by atoms with Gasteiger partial charge in [-0.05, 0) is 54.3 Å². The summed E-state index contributed by atoms with van der Waals surface area (Å²) >= 11 is 8.74. The molecule has 1 heterocycles. The van der Waals surface area contributed by atoms with Gasteiger partial charge in [0.15, 0.2) is 5.11 Å². The molecule has 6 heteroatoms. The number of hydrogen-bond donors (Lipinski definition) is 2. The van der Waals surface area contributed by atoms with Gasteiger partial charge in [0.05, 0.1) is 10.2 Å². The number of aryl methyl sites for hydroxylation is 2. The fourth-order valence-electron chi connectivity index (χ4n) is 1.68. The number of thiocarbonyl (C=S) groups is 1. The van der Waals surface area contributed by atoms with Crippen LogP contribution in [-0.2, 0) is 6.54 Å². The van der Waals surface area contributed by atoms with Crippen LogP contribution in [0.3, 0.4) is 0 Å². The lowest BCUT2D eigenvalue weighted by atomic mass is 10.2. The Balaban J connectivity index is 2.24. The third-order valence-electron chi connectivity index (χ3n) is 2.80. The van der Waals surface area contributed by atoms with Crippen LogP contribution in [0.25, 0.3) is 0 Å². The Morgan fingerprint density at radius 2 is 2.05 bits per heavy atom. The van der Waals surface area contributed by atoms with E-state index in [0.717, 1.165) is 41.3 Å². The summed E-state index contributed by atoms with van der Waals surface area (Å²) in [5.41, 5.74) is 2.22. The van der Waals surface area contributed by atoms with Crippen molar-refractivity contribution in [1.29, 1.82) is 0 Å². The average molecular weight is 347 g/mol. The van der Waals surface area contributed by atoms with Crippen LogP contribution in [-0.4, -0.2) is 28.0 Å². The molecule has 0 radical (unpaired) electrons. The highest BCUT2D eigenvalue weighted by atomic mass is 79.9. The summed E-state index contributed by atoms with van der Waals surface area (Å²) in [4.78, 5) is 0. The number of aromatic nitrogens is 2. The highest BCUT2D eigenvalue weighted by Crippen LogP contribution is 2.19. The third-order valence-corrected chi connectivity index (χ3v) is 4.23. The molecular weight excluding hydrogens is 324 g/mol. The van der Waals surface area contributed by atoms with Crippen molar-refractivity contribution in [2.75, 3.05) is 13.1 Å². The fraction of sp³-hybridized carbons (Fsp3) is 0.692. The standard InChI is InChI=1S/C13H23BrN4S/c1-9(2)8-16-13(19)15-6-5-7-18-11(4)12(14)10(3)17-18/h9H,5-8H2,1-4H3,(H2,15,16,19). The molecule has 0 atom stereocenters. The SMILES string of the molecule is Cc1nn(CCCNC(=S)NCC(C)C)c(C)c1Br. The summed E-state index contributed by atoms with van der Waals surface area (Å²) in [5, 5.41) is 11.6. The minimum absolute atomic E-state index is 0.604. The maximum Gasteiger partial charge on any atom is 0.166 e. The first-order chi connectivity index (χ1) is 8.91. The first-order valence-corrected chi connectivity index (χ1v) is 7.83. The fourth-order valence-corrected chi connectivity index (χ4v) is 2.15. The average Bonchev–Trinajstić information content (AvgIpc) is 2.60. The first-order valence-electron chi connectivity index (χ1n) is 6.63. The molecule has 1 aromatic rings.